The summed E-state index contributed by atoms with van der Waals surface area (Å²) in [6.07, 6.45) is 0.913. The highest BCUT2D eigenvalue weighted by molar-refractivity contribution is 6.17. The van der Waals surface area contributed by atoms with Crippen LogP contribution in [0.4, 0.5) is 0 Å². The van der Waals surface area contributed by atoms with E-state index in [0.29, 0.717) is 0 Å². The third-order valence-electron chi connectivity index (χ3n) is 10.4. The van der Waals surface area contributed by atoms with Crippen molar-refractivity contribution < 1.29 is 4.42 Å². The van der Waals surface area contributed by atoms with E-state index < -0.39 is 0 Å². The molecule has 0 unspecified atom stereocenters. The van der Waals surface area contributed by atoms with Crippen LogP contribution in [0, 0.1) is 0 Å². The zero-order chi connectivity index (χ0) is 32.1. The first-order valence-electron chi connectivity index (χ1n) is 16.9. The third-order valence-corrected chi connectivity index (χ3v) is 10.4. The van der Waals surface area contributed by atoms with Crippen LogP contribution in [0.2, 0.25) is 0 Å². The van der Waals surface area contributed by atoms with Crippen LogP contribution in [0.1, 0.15) is 11.1 Å². The minimum absolute atomic E-state index is 0.856. The fourth-order valence-corrected chi connectivity index (χ4v) is 8.33. The fraction of sp³-hybridized carbons (Fsp3) is 0.0217. The molecule has 0 N–H and O–H groups in total. The summed E-state index contributed by atoms with van der Waals surface area (Å²) in [4.78, 5) is 5.23. The van der Waals surface area contributed by atoms with E-state index in [1.165, 1.54) is 55.2 Å². The molecule has 0 bridgehead atoms. The second-order valence-corrected chi connectivity index (χ2v) is 13.0. The third kappa shape index (κ3) is 3.76. The predicted octanol–water partition coefficient (Wildman–Crippen LogP) is 12.1. The molecule has 0 fully saturated rings. The van der Waals surface area contributed by atoms with Crippen LogP contribution in [-0.2, 0) is 6.42 Å². The van der Waals surface area contributed by atoms with Gasteiger partial charge in [0.25, 0.3) is 0 Å². The zero-order valence-electron chi connectivity index (χ0n) is 26.5. The molecule has 1 aliphatic carbocycles. The van der Waals surface area contributed by atoms with Gasteiger partial charge in [-0.15, -0.1) is 0 Å². The van der Waals surface area contributed by atoms with Gasteiger partial charge in [-0.3, -0.25) is 0 Å². The molecule has 0 saturated heterocycles. The van der Waals surface area contributed by atoms with Crippen molar-refractivity contribution in [3.05, 3.63) is 169 Å². The number of furan rings is 1. The highest BCUT2D eigenvalue weighted by Gasteiger charge is 2.26. The van der Waals surface area contributed by atoms with Crippen LogP contribution >= 0.6 is 0 Å². The number of hydrogen-bond acceptors (Lipinski definition) is 2. The maximum Gasteiger partial charge on any atom is 0.159 e. The van der Waals surface area contributed by atoms with Crippen LogP contribution in [0.25, 0.3) is 93.8 Å². The lowest BCUT2D eigenvalue weighted by Gasteiger charge is -2.12. The normalized spacial score (nSPS) is 12.4. The van der Waals surface area contributed by atoms with Crippen molar-refractivity contribution in [3.63, 3.8) is 0 Å². The van der Waals surface area contributed by atoms with Crippen molar-refractivity contribution in [1.29, 1.82) is 0 Å². The average molecular weight is 625 g/mol. The van der Waals surface area contributed by atoms with Gasteiger partial charge in [-0.2, -0.15) is 0 Å². The van der Waals surface area contributed by atoms with Crippen molar-refractivity contribution in [3.8, 4) is 39.2 Å². The van der Waals surface area contributed by atoms with E-state index in [2.05, 4.69) is 162 Å². The standard InChI is InChI=1S/C46H28N2O/c1-2-12-28(13-3-1)37-27-40(47-39-20-8-6-16-32(37)39)35-18-11-23-43-44(35)36-19-10-22-42(46(36)49-43)48-41-21-9-7-17-33(41)34-25-24-31-30-15-5-4-14-29(30)26-38(31)45(34)48/h1-25,27H,26H2. The van der Waals surface area contributed by atoms with E-state index in [9.17, 15) is 0 Å². The molecule has 3 nitrogen and oxygen atoms in total. The van der Waals surface area contributed by atoms with Crippen LogP contribution in [0.5, 0.6) is 0 Å². The molecule has 0 aliphatic heterocycles. The Morgan fingerprint density at radius 2 is 1.29 bits per heavy atom. The van der Waals surface area contributed by atoms with Gasteiger partial charge in [-0.1, -0.05) is 127 Å². The van der Waals surface area contributed by atoms with E-state index in [-0.39, 0.29) is 0 Å². The molecule has 0 radical (unpaired) electrons. The zero-order valence-corrected chi connectivity index (χ0v) is 26.5. The van der Waals surface area contributed by atoms with Gasteiger partial charge >= 0.3 is 0 Å². The highest BCUT2D eigenvalue weighted by atomic mass is 16.3. The van der Waals surface area contributed by atoms with Crippen LogP contribution in [0.3, 0.4) is 0 Å². The lowest BCUT2D eigenvalue weighted by atomic mass is 9.96. The molecule has 11 rings (SSSR count). The number of benzene rings is 7. The fourth-order valence-electron chi connectivity index (χ4n) is 8.33. The summed E-state index contributed by atoms with van der Waals surface area (Å²) >= 11 is 0. The smallest absolute Gasteiger partial charge is 0.159 e. The van der Waals surface area contributed by atoms with E-state index in [1.807, 2.05) is 0 Å². The van der Waals surface area contributed by atoms with Gasteiger partial charge in [0.15, 0.2) is 5.58 Å². The van der Waals surface area contributed by atoms with Gasteiger partial charge in [0.1, 0.15) is 5.58 Å². The molecule has 0 amide bonds. The van der Waals surface area contributed by atoms with Crippen molar-refractivity contribution >= 4 is 54.6 Å². The molecule has 0 spiro atoms. The van der Waals surface area contributed by atoms with Gasteiger partial charge in [0.05, 0.1) is 27.9 Å². The Balaban J connectivity index is 1.20. The first-order chi connectivity index (χ1) is 24.3. The summed E-state index contributed by atoms with van der Waals surface area (Å²) in [5, 5.41) is 5.83. The molecule has 0 saturated carbocycles. The quantitative estimate of drug-likeness (QED) is 0.196. The summed E-state index contributed by atoms with van der Waals surface area (Å²) in [5.41, 5.74) is 16.0. The summed E-state index contributed by atoms with van der Waals surface area (Å²) in [5.74, 6) is 0. The first kappa shape index (κ1) is 26.6. The Morgan fingerprint density at radius 1 is 0.531 bits per heavy atom. The Morgan fingerprint density at radius 3 is 2.22 bits per heavy atom. The Bertz CT molecular complexity index is 2960. The van der Waals surface area contributed by atoms with Crippen LogP contribution in [0.15, 0.2) is 162 Å². The summed E-state index contributed by atoms with van der Waals surface area (Å²) in [6.45, 7) is 0. The molecular weight excluding hydrogens is 597 g/mol. The SMILES string of the molecule is c1ccc(-c2cc(-c3cccc4oc5c(-n6c7ccccc7c7ccc8c(c76)Cc6ccccc6-8)cccc5c34)nc3ccccc23)cc1. The number of aromatic nitrogens is 2. The molecule has 1 aliphatic rings. The topological polar surface area (TPSA) is 31.0 Å². The number of para-hydroxylation sites is 3. The average Bonchev–Trinajstić information content (AvgIpc) is 3.84. The monoisotopic (exact) mass is 624 g/mol. The van der Waals surface area contributed by atoms with Crippen molar-refractivity contribution in [2.24, 2.45) is 0 Å². The van der Waals surface area contributed by atoms with Crippen molar-refractivity contribution in [1.82, 2.24) is 9.55 Å². The number of hydrogen-bond donors (Lipinski definition) is 0. The van der Waals surface area contributed by atoms with Crippen molar-refractivity contribution in [2.45, 2.75) is 6.42 Å². The molecule has 3 heteroatoms. The minimum Gasteiger partial charge on any atom is -0.454 e. The number of pyridine rings is 1. The first-order valence-corrected chi connectivity index (χ1v) is 16.9. The summed E-state index contributed by atoms with van der Waals surface area (Å²) < 4.78 is 9.35. The van der Waals surface area contributed by atoms with Crippen LogP contribution < -0.4 is 0 Å². The maximum absolute atomic E-state index is 6.90. The van der Waals surface area contributed by atoms with Gasteiger partial charge in [0, 0.05) is 38.9 Å². The lowest BCUT2D eigenvalue weighted by molar-refractivity contribution is 0.666. The molecule has 228 valence electrons. The van der Waals surface area contributed by atoms with Gasteiger partial charge in [0.2, 0.25) is 0 Å². The minimum atomic E-state index is 0.856. The van der Waals surface area contributed by atoms with E-state index in [4.69, 9.17) is 9.40 Å². The number of nitrogens with zero attached hydrogens (tertiary/aromatic N) is 2. The van der Waals surface area contributed by atoms with Crippen LogP contribution in [-0.4, -0.2) is 9.55 Å². The Hall–Kier alpha value is -6.45. The molecule has 0 atom stereocenters. The Kier molecular flexibility index (Phi) is 5.44. The number of fused-ring (bicyclic) bond motifs is 11. The van der Waals surface area contributed by atoms with E-state index in [0.717, 1.165) is 56.2 Å². The number of rotatable bonds is 3. The summed E-state index contributed by atoms with van der Waals surface area (Å²) in [7, 11) is 0. The predicted molar refractivity (Wildman–Crippen MR) is 202 cm³/mol. The molecule has 49 heavy (non-hydrogen) atoms. The molecule has 10 aromatic rings. The van der Waals surface area contributed by atoms with Gasteiger partial charge in [-0.05, 0) is 63.7 Å². The molecule has 3 heterocycles. The molecule has 3 aromatic heterocycles. The molecule has 7 aromatic carbocycles. The highest BCUT2D eigenvalue weighted by Crippen LogP contribution is 2.46. The van der Waals surface area contributed by atoms with Gasteiger partial charge < -0.3 is 8.98 Å². The van der Waals surface area contributed by atoms with Gasteiger partial charge in [-0.25, -0.2) is 4.98 Å². The van der Waals surface area contributed by atoms with Crippen molar-refractivity contribution in [2.75, 3.05) is 0 Å². The van der Waals surface area contributed by atoms with E-state index in [1.54, 1.807) is 0 Å². The lowest BCUT2D eigenvalue weighted by Crippen LogP contribution is -1.97. The van der Waals surface area contributed by atoms with E-state index >= 15 is 0 Å². The maximum atomic E-state index is 6.90. The largest absolute Gasteiger partial charge is 0.454 e. The Labute approximate surface area is 282 Å². The molecular formula is C46H28N2O. The second kappa shape index (κ2) is 10.0. The second-order valence-electron chi connectivity index (χ2n) is 13.0. The summed E-state index contributed by atoms with van der Waals surface area (Å²) in [6, 6.07) is 56.4.